The summed E-state index contributed by atoms with van der Waals surface area (Å²) in [6, 6.07) is 18.0. The summed E-state index contributed by atoms with van der Waals surface area (Å²) < 4.78 is 17.2. The molecule has 0 saturated heterocycles. The summed E-state index contributed by atoms with van der Waals surface area (Å²) in [6.07, 6.45) is -2.42. The second kappa shape index (κ2) is 11.6. The average Bonchev–Trinajstić information content (AvgIpc) is 2.81. The number of nitrogens with zero attached hydrogens (tertiary/aromatic N) is 2. The van der Waals surface area contributed by atoms with Gasteiger partial charge in [0, 0.05) is 12.2 Å². The first-order valence-electron chi connectivity index (χ1n) is 12.4. The molecule has 1 N–H and O–H groups in total. The Morgan fingerprint density at radius 3 is 2.03 bits per heavy atom. The second-order valence-corrected chi connectivity index (χ2v) is 10.6. The average molecular weight is 512 g/mol. The van der Waals surface area contributed by atoms with Gasteiger partial charge >= 0.3 is 12.2 Å². The van der Waals surface area contributed by atoms with Gasteiger partial charge in [-0.2, -0.15) is 0 Å². The molecule has 3 atom stereocenters. The van der Waals surface area contributed by atoms with E-state index in [0.717, 1.165) is 10.6 Å². The summed E-state index contributed by atoms with van der Waals surface area (Å²) in [5, 5.41) is 5.52. The Labute approximate surface area is 218 Å². The molecule has 3 rings (SSSR count). The predicted molar refractivity (Wildman–Crippen MR) is 140 cm³/mol. The van der Waals surface area contributed by atoms with Crippen molar-refractivity contribution in [3.63, 3.8) is 0 Å². The molecule has 1 heterocycles. The maximum atomic E-state index is 13.7. The first-order chi connectivity index (χ1) is 17.4. The molecule has 0 aromatic heterocycles. The van der Waals surface area contributed by atoms with Gasteiger partial charge in [-0.15, -0.1) is 0 Å². The van der Waals surface area contributed by atoms with Crippen LogP contribution in [0.1, 0.15) is 65.5 Å². The predicted octanol–water partition coefficient (Wildman–Crippen LogP) is 5.61. The zero-order valence-electron chi connectivity index (χ0n) is 22.6. The number of carbonyl (C=O) groups is 2. The van der Waals surface area contributed by atoms with Crippen molar-refractivity contribution in [2.75, 3.05) is 6.61 Å². The second-order valence-electron chi connectivity index (χ2n) is 10.6. The van der Waals surface area contributed by atoms with Crippen molar-refractivity contribution in [1.29, 1.82) is 0 Å². The van der Waals surface area contributed by atoms with E-state index in [1.807, 2.05) is 67.6 Å². The number of nitrogens with one attached hydrogen (secondary N) is 1. The Morgan fingerprint density at radius 1 is 0.919 bits per heavy atom. The molecule has 0 aliphatic carbocycles. The lowest BCUT2D eigenvalue weighted by Crippen LogP contribution is -2.61. The molecule has 200 valence electrons. The molecular formula is C28H37N3O6. The molecule has 2 amide bonds. The smallest absolute Gasteiger partial charge is 0.429 e. The maximum Gasteiger partial charge on any atom is 0.429 e. The molecule has 0 saturated carbocycles. The third-order valence-electron chi connectivity index (χ3n) is 5.23. The Morgan fingerprint density at radius 2 is 1.49 bits per heavy atom. The molecule has 0 unspecified atom stereocenters. The first kappa shape index (κ1) is 28.0. The Kier molecular flexibility index (Phi) is 8.81. The van der Waals surface area contributed by atoms with Crippen LogP contribution in [0, 0.1) is 0 Å². The van der Waals surface area contributed by atoms with Crippen LogP contribution in [-0.4, -0.2) is 53.0 Å². The van der Waals surface area contributed by atoms with E-state index in [2.05, 4.69) is 10.6 Å². The highest BCUT2D eigenvalue weighted by atomic mass is 16.8. The van der Waals surface area contributed by atoms with E-state index in [9.17, 15) is 9.59 Å². The van der Waals surface area contributed by atoms with Crippen LogP contribution >= 0.6 is 0 Å². The van der Waals surface area contributed by atoms with Crippen LogP contribution in [0.3, 0.4) is 0 Å². The van der Waals surface area contributed by atoms with Gasteiger partial charge in [-0.1, -0.05) is 65.8 Å². The van der Waals surface area contributed by atoms with E-state index < -0.39 is 41.6 Å². The molecular weight excluding hydrogens is 474 g/mol. The maximum absolute atomic E-state index is 13.7. The number of hydrazine groups is 1. The van der Waals surface area contributed by atoms with Crippen molar-refractivity contribution in [3.8, 4) is 0 Å². The molecule has 1 aliphatic heterocycles. The van der Waals surface area contributed by atoms with Crippen LogP contribution in [0.2, 0.25) is 0 Å². The van der Waals surface area contributed by atoms with E-state index in [1.54, 1.807) is 41.5 Å². The fourth-order valence-corrected chi connectivity index (χ4v) is 3.91. The van der Waals surface area contributed by atoms with E-state index in [1.165, 1.54) is 0 Å². The standard InChI is InChI=1S/C28H37N3O6/c1-8-34-24-21(19-15-11-9-12-16-19)23(22(30-37-24)20-17-13-10-14-18-20)31(26(33)36-28(5,6)7)29-25(32)35-27(2,3)4/h9-18,21,23-24H,8H2,1-7H3,(H,29,32)/t21-,23-,24-/m1/s1. The minimum absolute atomic E-state index is 0.350. The van der Waals surface area contributed by atoms with Crippen LogP contribution in [0.5, 0.6) is 0 Å². The number of hydrogen-bond acceptors (Lipinski definition) is 7. The molecule has 9 heteroatoms. The van der Waals surface area contributed by atoms with Crippen molar-refractivity contribution in [3.05, 3.63) is 71.8 Å². The van der Waals surface area contributed by atoms with Gasteiger partial charge in [0.05, 0.1) is 5.92 Å². The van der Waals surface area contributed by atoms with E-state index in [-0.39, 0.29) is 0 Å². The molecule has 0 radical (unpaired) electrons. The fraction of sp³-hybridized carbons (Fsp3) is 0.464. The molecule has 2 aromatic rings. The van der Waals surface area contributed by atoms with Gasteiger partial charge in [-0.05, 0) is 54.0 Å². The highest BCUT2D eigenvalue weighted by Gasteiger charge is 2.47. The number of amides is 2. The van der Waals surface area contributed by atoms with Gasteiger partial charge in [-0.25, -0.2) is 20.0 Å². The minimum Gasteiger partial charge on any atom is -0.443 e. The molecule has 0 fully saturated rings. The lowest BCUT2D eigenvalue weighted by atomic mass is 9.84. The topological polar surface area (TPSA) is 98.7 Å². The molecule has 2 aromatic carbocycles. The van der Waals surface area contributed by atoms with E-state index >= 15 is 0 Å². The van der Waals surface area contributed by atoms with E-state index in [0.29, 0.717) is 17.9 Å². The third kappa shape index (κ3) is 7.69. The zero-order valence-corrected chi connectivity index (χ0v) is 22.6. The number of benzene rings is 2. The number of ether oxygens (including phenoxy) is 3. The Hall–Kier alpha value is -3.59. The van der Waals surface area contributed by atoms with Gasteiger partial charge in [0.1, 0.15) is 23.0 Å². The summed E-state index contributed by atoms with van der Waals surface area (Å²) in [6.45, 7) is 12.7. The van der Waals surface area contributed by atoms with Gasteiger partial charge in [0.2, 0.25) is 6.29 Å². The summed E-state index contributed by atoms with van der Waals surface area (Å²) in [7, 11) is 0. The summed E-state index contributed by atoms with van der Waals surface area (Å²) in [5.41, 5.74) is 2.97. The van der Waals surface area contributed by atoms with Crippen molar-refractivity contribution in [2.24, 2.45) is 5.16 Å². The lowest BCUT2D eigenvalue weighted by Gasteiger charge is -2.42. The van der Waals surface area contributed by atoms with Crippen LogP contribution in [0.25, 0.3) is 0 Å². The molecule has 0 spiro atoms. The van der Waals surface area contributed by atoms with Crippen molar-refractivity contribution >= 4 is 17.9 Å². The number of hydrogen-bond donors (Lipinski definition) is 1. The molecule has 1 aliphatic rings. The number of oxime groups is 1. The van der Waals surface area contributed by atoms with E-state index in [4.69, 9.17) is 19.0 Å². The highest BCUT2D eigenvalue weighted by molar-refractivity contribution is 6.06. The SMILES string of the molecule is CCO[C@@H]1ON=C(c2ccccc2)[C@H](N(NC(=O)OC(C)(C)C)C(=O)OC(C)(C)C)[C@H]1c1ccccc1. The zero-order chi connectivity index (χ0) is 27.2. The normalized spacial score (nSPS) is 19.8. The van der Waals surface area contributed by atoms with Crippen LogP contribution in [-0.2, 0) is 19.0 Å². The van der Waals surface area contributed by atoms with Crippen molar-refractivity contribution in [1.82, 2.24) is 10.4 Å². The molecule has 37 heavy (non-hydrogen) atoms. The Bertz CT molecular complexity index is 1080. The first-order valence-corrected chi connectivity index (χ1v) is 12.4. The van der Waals surface area contributed by atoms with Crippen LogP contribution < -0.4 is 5.43 Å². The third-order valence-corrected chi connectivity index (χ3v) is 5.23. The summed E-state index contributed by atoms with van der Waals surface area (Å²) in [4.78, 5) is 32.5. The Balaban J connectivity index is 2.19. The fourth-order valence-electron chi connectivity index (χ4n) is 3.91. The molecule has 9 nitrogen and oxygen atoms in total. The monoisotopic (exact) mass is 511 g/mol. The van der Waals surface area contributed by atoms with Crippen LogP contribution in [0.4, 0.5) is 9.59 Å². The van der Waals surface area contributed by atoms with Gasteiger partial charge in [0.25, 0.3) is 0 Å². The van der Waals surface area contributed by atoms with Gasteiger partial charge < -0.3 is 19.0 Å². The number of rotatable bonds is 5. The lowest BCUT2D eigenvalue weighted by molar-refractivity contribution is -0.169. The van der Waals surface area contributed by atoms with Gasteiger partial charge in [-0.3, -0.25) is 0 Å². The van der Waals surface area contributed by atoms with Gasteiger partial charge in [0.15, 0.2) is 0 Å². The number of carbonyl (C=O) groups excluding carboxylic acids is 2. The minimum atomic E-state index is -0.863. The van der Waals surface area contributed by atoms with Crippen molar-refractivity contribution in [2.45, 2.75) is 77.9 Å². The quantitative estimate of drug-likeness (QED) is 0.524. The van der Waals surface area contributed by atoms with Crippen LogP contribution in [0.15, 0.2) is 65.8 Å². The molecule has 0 bridgehead atoms. The highest BCUT2D eigenvalue weighted by Crippen LogP contribution is 2.36. The summed E-state index contributed by atoms with van der Waals surface area (Å²) in [5.74, 6) is -0.573. The largest absolute Gasteiger partial charge is 0.443 e. The summed E-state index contributed by atoms with van der Waals surface area (Å²) >= 11 is 0. The van der Waals surface area contributed by atoms with Crippen molar-refractivity contribution < 1.29 is 28.6 Å².